The van der Waals surface area contributed by atoms with Crippen LogP contribution in [0, 0.1) is 0 Å². The third kappa shape index (κ3) is 4.34. The van der Waals surface area contributed by atoms with E-state index in [1.807, 2.05) is 6.92 Å². The summed E-state index contributed by atoms with van der Waals surface area (Å²) in [5.74, 6) is 0. The van der Waals surface area contributed by atoms with Gasteiger partial charge in [-0.15, -0.1) is 0 Å². The molecule has 0 atom stereocenters. The molecular formula is C6H14BrN. The molecule has 2 heteroatoms. The van der Waals surface area contributed by atoms with E-state index in [1.54, 1.807) is 0 Å². The van der Waals surface area contributed by atoms with Crippen molar-refractivity contribution >= 4 is 15.9 Å². The van der Waals surface area contributed by atoms with E-state index < -0.39 is 0 Å². The van der Waals surface area contributed by atoms with E-state index in [4.69, 9.17) is 0 Å². The van der Waals surface area contributed by atoms with Crippen LogP contribution in [-0.2, 0) is 0 Å². The van der Waals surface area contributed by atoms with Crippen molar-refractivity contribution in [2.24, 2.45) is 0 Å². The van der Waals surface area contributed by atoms with Gasteiger partial charge in [0.1, 0.15) is 0 Å². The van der Waals surface area contributed by atoms with Gasteiger partial charge in [-0.1, -0.05) is 28.1 Å². The summed E-state index contributed by atoms with van der Waals surface area (Å²) < 4.78 is 0.118. The summed E-state index contributed by atoms with van der Waals surface area (Å²) in [5, 5.41) is 0. The molecule has 1 nitrogen and oxygen atoms in total. The first-order valence-corrected chi connectivity index (χ1v) is 3.09. The smallest absolute Gasteiger partial charge is 0.0404 e. The molecule has 0 rings (SSSR count). The van der Waals surface area contributed by atoms with E-state index >= 15 is 0 Å². The van der Waals surface area contributed by atoms with Crippen molar-refractivity contribution in [2.75, 3.05) is 0 Å². The van der Waals surface area contributed by atoms with E-state index in [9.17, 15) is 0 Å². The predicted molar refractivity (Wildman–Crippen MR) is 42.8 cm³/mol. The van der Waals surface area contributed by atoms with Crippen LogP contribution < -0.4 is 6.15 Å². The van der Waals surface area contributed by atoms with Crippen LogP contribution in [0.5, 0.6) is 0 Å². The molecule has 0 saturated heterocycles. The van der Waals surface area contributed by atoms with E-state index in [1.165, 1.54) is 0 Å². The Hall–Kier alpha value is 0.180. The van der Waals surface area contributed by atoms with Gasteiger partial charge in [0, 0.05) is 4.32 Å². The van der Waals surface area contributed by atoms with Gasteiger partial charge >= 0.3 is 0 Å². The zero-order chi connectivity index (χ0) is 6.08. The first kappa shape index (κ1) is 11.0. The number of allylic oxidation sites excluding steroid dienone is 1. The van der Waals surface area contributed by atoms with Crippen molar-refractivity contribution in [3.63, 3.8) is 0 Å². The monoisotopic (exact) mass is 179 g/mol. The highest BCUT2D eigenvalue weighted by molar-refractivity contribution is 9.10. The Morgan fingerprint density at radius 2 is 1.62 bits per heavy atom. The number of halogens is 1. The highest BCUT2D eigenvalue weighted by Crippen LogP contribution is 2.23. The van der Waals surface area contributed by atoms with Crippen molar-refractivity contribution in [2.45, 2.75) is 25.1 Å². The van der Waals surface area contributed by atoms with Crippen LogP contribution in [-0.4, -0.2) is 4.32 Å². The van der Waals surface area contributed by atoms with Crippen LogP contribution in [0.25, 0.3) is 0 Å². The van der Waals surface area contributed by atoms with Crippen LogP contribution in [0.3, 0.4) is 0 Å². The zero-order valence-electron chi connectivity index (χ0n) is 5.79. The van der Waals surface area contributed by atoms with E-state index in [-0.39, 0.29) is 10.5 Å². The fraction of sp³-hybridized carbons (Fsp3) is 0.667. The van der Waals surface area contributed by atoms with Crippen LogP contribution in [0.15, 0.2) is 12.2 Å². The lowest BCUT2D eigenvalue weighted by atomic mass is 10.1. The van der Waals surface area contributed by atoms with Gasteiger partial charge in [-0.25, -0.2) is 0 Å². The second-order valence-electron chi connectivity index (χ2n) is 2.25. The quantitative estimate of drug-likeness (QED) is 0.488. The van der Waals surface area contributed by atoms with Crippen molar-refractivity contribution in [3.05, 3.63) is 12.2 Å². The predicted octanol–water partition coefficient (Wildman–Crippen LogP) is 2.90. The fourth-order valence-corrected chi connectivity index (χ4v) is 0. The first-order valence-electron chi connectivity index (χ1n) is 2.29. The standard InChI is InChI=1S/C6H11Br.H3N/c1-5(2)6(3,4)7;/h1H2,2-4H3;1H3. The lowest BCUT2D eigenvalue weighted by molar-refractivity contribution is 0.857. The lowest BCUT2D eigenvalue weighted by Crippen LogP contribution is -2.08. The van der Waals surface area contributed by atoms with Gasteiger partial charge in [-0.2, -0.15) is 0 Å². The molecule has 0 saturated carbocycles. The Kier molecular flexibility index (Phi) is 4.49. The van der Waals surface area contributed by atoms with Gasteiger partial charge in [0.25, 0.3) is 0 Å². The second-order valence-corrected chi connectivity index (χ2v) is 4.24. The summed E-state index contributed by atoms with van der Waals surface area (Å²) in [6.45, 7) is 9.95. The Morgan fingerprint density at radius 3 is 1.62 bits per heavy atom. The van der Waals surface area contributed by atoms with Crippen LogP contribution in [0.4, 0.5) is 0 Å². The molecule has 0 amide bonds. The summed E-state index contributed by atoms with van der Waals surface area (Å²) >= 11 is 3.44. The van der Waals surface area contributed by atoms with Crippen molar-refractivity contribution in [3.8, 4) is 0 Å². The topological polar surface area (TPSA) is 35.0 Å². The van der Waals surface area contributed by atoms with Gasteiger partial charge < -0.3 is 6.15 Å². The summed E-state index contributed by atoms with van der Waals surface area (Å²) in [4.78, 5) is 0. The zero-order valence-corrected chi connectivity index (χ0v) is 7.38. The maximum absolute atomic E-state index is 3.78. The number of rotatable bonds is 1. The second kappa shape index (κ2) is 3.25. The summed E-state index contributed by atoms with van der Waals surface area (Å²) in [6, 6.07) is 0. The number of hydrogen-bond acceptors (Lipinski definition) is 1. The van der Waals surface area contributed by atoms with Crippen LogP contribution in [0.2, 0.25) is 0 Å². The molecule has 0 bridgehead atoms. The van der Waals surface area contributed by atoms with E-state index in [0.29, 0.717) is 0 Å². The third-order valence-electron chi connectivity index (χ3n) is 1.01. The molecule has 0 aromatic heterocycles. The highest BCUT2D eigenvalue weighted by atomic mass is 79.9. The SMILES string of the molecule is C=C(C)C(C)(C)Br.N. The minimum Gasteiger partial charge on any atom is -0.344 e. The normalized spacial score (nSPS) is 10.0. The molecule has 8 heavy (non-hydrogen) atoms. The Bertz CT molecular complexity index is 81.0. The average Bonchev–Trinajstić information content (AvgIpc) is 1.31. The molecule has 0 aromatic rings. The lowest BCUT2D eigenvalue weighted by Gasteiger charge is -2.14. The van der Waals surface area contributed by atoms with Crippen molar-refractivity contribution in [1.82, 2.24) is 6.15 Å². The molecule has 0 fully saturated rings. The molecule has 0 aliphatic carbocycles. The molecule has 0 heterocycles. The molecule has 0 radical (unpaired) electrons. The molecule has 0 spiro atoms. The van der Waals surface area contributed by atoms with Gasteiger partial charge in [0.05, 0.1) is 0 Å². The molecular weight excluding hydrogens is 166 g/mol. The van der Waals surface area contributed by atoms with Gasteiger partial charge in [0.15, 0.2) is 0 Å². The maximum atomic E-state index is 3.78. The maximum Gasteiger partial charge on any atom is 0.0404 e. The summed E-state index contributed by atoms with van der Waals surface area (Å²) in [7, 11) is 0. The average molecular weight is 180 g/mol. The summed E-state index contributed by atoms with van der Waals surface area (Å²) in [5.41, 5.74) is 1.16. The molecule has 0 aromatic carbocycles. The van der Waals surface area contributed by atoms with Crippen molar-refractivity contribution < 1.29 is 0 Å². The Labute approximate surface area is 59.9 Å². The van der Waals surface area contributed by atoms with Crippen molar-refractivity contribution in [1.29, 1.82) is 0 Å². The van der Waals surface area contributed by atoms with E-state index in [2.05, 4.69) is 36.4 Å². The number of alkyl halides is 1. The Morgan fingerprint density at radius 1 is 1.50 bits per heavy atom. The summed E-state index contributed by atoms with van der Waals surface area (Å²) in [6.07, 6.45) is 0. The third-order valence-corrected chi connectivity index (χ3v) is 1.69. The first-order chi connectivity index (χ1) is 2.94. The highest BCUT2D eigenvalue weighted by Gasteiger charge is 2.11. The molecule has 3 N–H and O–H groups in total. The molecule has 0 aliphatic rings. The minimum absolute atomic E-state index is 0. The molecule has 0 unspecified atom stereocenters. The molecule has 50 valence electrons. The molecule has 0 aliphatic heterocycles. The number of hydrogen-bond donors (Lipinski definition) is 1. The van der Waals surface area contributed by atoms with Crippen LogP contribution >= 0.6 is 15.9 Å². The van der Waals surface area contributed by atoms with Gasteiger partial charge in [-0.3, -0.25) is 0 Å². The van der Waals surface area contributed by atoms with Gasteiger partial charge in [0.2, 0.25) is 0 Å². The van der Waals surface area contributed by atoms with E-state index in [0.717, 1.165) is 5.57 Å². The largest absolute Gasteiger partial charge is 0.344 e. The fourth-order valence-electron chi connectivity index (χ4n) is 0. The minimum atomic E-state index is 0. The Balaban J connectivity index is 0. The van der Waals surface area contributed by atoms with Crippen LogP contribution in [0.1, 0.15) is 20.8 Å². The van der Waals surface area contributed by atoms with Gasteiger partial charge in [-0.05, 0) is 20.8 Å².